The van der Waals surface area contributed by atoms with Gasteiger partial charge in [0.05, 0.1) is 59.8 Å². The van der Waals surface area contributed by atoms with Gasteiger partial charge >= 0.3 is 0 Å². The van der Waals surface area contributed by atoms with Crippen LogP contribution in [0.2, 0.25) is 0 Å². The number of fused-ring (bicyclic) bond motifs is 2. The molecule has 0 radical (unpaired) electrons. The van der Waals surface area contributed by atoms with Crippen molar-refractivity contribution in [1.82, 2.24) is 20.3 Å². The Bertz CT molecular complexity index is 1750. The molecule has 5 heterocycles. The third-order valence-corrected chi connectivity index (χ3v) is 8.42. The van der Waals surface area contributed by atoms with Crippen molar-refractivity contribution in [3.05, 3.63) is 72.1 Å². The van der Waals surface area contributed by atoms with Gasteiger partial charge in [0.1, 0.15) is 18.2 Å². The van der Waals surface area contributed by atoms with E-state index in [1.54, 1.807) is 18.3 Å². The van der Waals surface area contributed by atoms with Crippen LogP contribution in [0.15, 0.2) is 60.8 Å². The number of rotatable bonds is 6. The van der Waals surface area contributed by atoms with E-state index in [2.05, 4.69) is 29.0 Å². The highest BCUT2D eigenvalue weighted by Gasteiger charge is 2.26. The van der Waals surface area contributed by atoms with Crippen molar-refractivity contribution in [2.75, 3.05) is 41.7 Å². The lowest BCUT2D eigenvalue weighted by atomic mass is 10.1. The average molecular weight is 589 g/mol. The highest BCUT2D eigenvalue weighted by atomic mass is 32.2. The molecular formula is C30H32N6O5S. The molecule has 1 fully saturated rings. The summed E-state index contributed by atoms with van der Waals surface area (Å²) in [5, 5.41) is 3.74. The van der Waals surface area contributed by atoms with Crippen LogP contribution in [0.25, 0.3) is 22.3 Å². The number of nitrogens with zero attached hydrogens (tertiary/aromatic N) is 5. The second kappa shape index (κ2) is 11.2. The fourth-order valence-electron chi connectivity index (χ4n) is 5.36. The number of nitrogens with one attached hydrogen (secondary N) is 1. The summed E-state index contributed by atoms with van der Waals surface area (Å²) in [6.45, 7) is 6.32. The lowest BCUT2D eigenvalue weighted by Crippen LogP contribution is -2.45. The first-order chi connectivity index (χ1) is 20.1. The molecule has 1 saturated heterocycles. The molecule has 0 aliphatic carbocycles. The smallest absolute Gasteiger partial charge is 0.251 e. The van der Waals surface area contributed by atoms with Crippen LogP contribution in [0.4, 0.5) is 11.5 Å². The summed E-state index contributed by atoms with van der Waals surface area (Å²) >= 11 is 0. The maximum Gasteiger partial charge on any atom is 0.251 e. The molecule has 2 atom stereocenters. The van der Waals surface area contributed by atoms with Gasteiger partial charge < -0.3 is 19.7 Å². The van der Waals surface area contributed by atoms with Gasteiger partial charge in [-0.25, -0.2) is 18.4 Å². The minimum absolute atomic E-state index is 0.132. The van der Waals surface area contributed by atoms with Crippen molar-refractivity contribution >= 4 is 38.3 Å². The van der Waals surface area contributed by atoms with Crippen LogP contribution in [-0.4, -0.2) is 74.0 Å². The molecule has 11 nitrogen and oxygen atoms in total. The van der Waals surface area contributed by atoms with Gasteiger partial charge in [0.15, 0.2) is 0 Å². The Kier molecular flexibility index (Phi) is 7.42. The Hall–Kier alpha value is -4.29. The molecule has 2 aliphatic heterocycles. The van der Waals surface area contributed by atoms with Crippen LogP contribution >= 0.6 is 0 Å². The maximum atomic E-state index is 13.0. The molecule has 2 aliphatic rings. The normalized spacial score (nSPS) is 18.8. The van der Waals surface area contributed by atoms with E-state index in [0.29, 0.717) is 22.7 Å². The molecule has 4 aromatic rings. The molecule has 12 heteroatoms. The lowest BCUT2D eigenvalue weighted by molar-refractivity contribution is -0.00545. The van der Waals surface area contributed by atoms with Gasteiger partial charge in [-0.2, -0.15) is 0 Å². The fraction of sp³-hybridized carbons (Fsp3) is 0.333. The zero-order chi connectivity index (χ0) is 29.4. The molecule has 1 N–H and O–H groups in total. The van der Waals surface area contributed by atoms with E-state index in [-0.39, 0.29) is 37.8 Å². The number of carbonyl (C=O) groups is 1. The predicted octanol–water partition coefficient (Wildman–Crippen LogP) is 3.39. The third kappa shape index (κ3) is 5.86. The molecule has 0 unspecified atom stereocenters. The number of morpholine rings is 1. The van der Waals surface area contributed by atoms with Gasteiger partial charge in [-0.1, -0.05) is 6.07 Å². The van der Waals surface area contributed by atoms with Crippen LogP contribution in [0, 0.1) is 0 Å². The highest BCUT2D eigenvalue weighted by Crippen LogP contribution is 2.34. The van der Waals surface area contributed by atoms with Crippen LogP contribution in [-0.2, 0) is 21.3 Å². The molecule has 0 spiro atoms. The van der Waals surface area contributed by atoms with Crippen molar-refractivity contribution in [3.8, 4) is 17.1 Å². The van der Waals surface area contributed by atoms with Crippen molar-refractivity contribution in [3.63, 3.8) is 0 Å². The Morgan fingerprint density at radius 1 is 1.02 bits per heavy atom. The Morgan fingerprint density at radius 2 is 1.81 bits per heavy atom. The number of sulfonamides is 1. The summed E-state index contributed by atoms with van der Waals surface area (Å²) in [6, 6.07) is 16.4. The van der Waals surface area contributed by atoms with Crippen LogP contribution in [0.1, 0.15) is 29.9 Å². The number of ether oxygens (including phenoxy) is 2. The van der Waals surface area contributed by atoms with Gasteiger partial charge in [-0.05, 0) is 62.4 Å². The zero-order valence-electron chi connectivity index (χ0n) is 23.6. The van der Waals surface area contributed by atoms with Crippen LogP contribution < -0.4 is 19.3 Å². The minimum Gasteiger partial charge on any atom is -0.489 e. The molecule has 1 amide bonds. The largest absolute Gasteiger partial charge is 0.489 e. The summed E-state index contributed by atoms with van der Waals surface area (Å²) in [5.74, 6) is 0.964. The van der Waals surface area contributed by atoms with Crippen molar-refractivity contribution in [1.29, 1.82) is 0 Å². The first-order valence-electron chi connectivity index (χ1n) is 13.8. The molecular weight excluding hydrogens is 556 g/mol. The fourth-order valence-corrected chi connectivity index (χ4v) is 6.26. The standard InChI is InChI=1S/C30H32N6O5S/c1-19-17-35(18-20(2)41-19)29-6-4-5-24(34-29)25-9-7-22-15-31-23(14-26(22)33-25)16-32-30(37)21-8-10-28-27(13-21)36(11-12-40-28)42(3,38)39/h4-10,13-15,19-20H,11-12,16-18H2,1-3H3,(H,32,37)/t19-,20+. The summed E-state index contributed by atoms with van der Waals surface area (Å²) in [5.41, 5.74) is 3.57. The molecule has 3 aromatic heterocycles. The second-order valence-electron chi connectivity index (χ2n) is 10.7. The Morgan fingerprint density at radius 3 is 2.60 bits per heavy atom. The van der Waals surface area contributed by atoms with Gasteiger partial charge in [0, 0.05) is 30.2 Å². The number of hydrogen-bond acceptors (Lipinski definition) is 9. The van der Waals surface area contributed by atoms with E-state index >= 15 is 0 Å². The number of amides is 1. The lowest BCUT2D eigenvalue weighted by Gasteiger charge is -2.36. The Labute approximate surface area is 244 Å². The van der Waals surface area contributed by atoms with E-state index in [4.69, 9.17) is 19.4 Å². The monoisotopic (exact) mass is 588 g/mol. The number of carbonyl (C=O) groups excluding carboxylic acids is 1. The number of anilines is 2. The highest BCUT2D eigenvalue weighted by molar-refractivity contribution is 7.92. The van der Waals surface area contributed by atoms with Gasteiger partial charge in [0.25, 0.3) is 5.91 Å². The van der Waals surface area contributed by atoms with Crippen molar-refractivity contribution in [2.24, 2.45) is 0 Å². The van der Waals surface area contributed by atoms with Crippen LogP contribution in [0.3, 0.4) is 0 Å². The van der Waals surface area contributed by atoms with Crippen LogP contribution in [0.5, 0.6) is 5.75 Å². The van der Waals surface area contributed by atoms with E-state index in [9.17, 15) is 13.2 Å². The summed E-state index contributed by atoms with van der Waals surface area (Å²) in [4.78, 5) is 29.4. The number of aromatic nitrogens is 3. The Balaban J connectivity index is 1.19. The van der Waals surface area contributed by atoms with Gasteiger partial charge in [-0.15, -0.1) is 0 Å². The van der Waals surface area contributed by atoms with E-state index in [1.807, 2.05) is 36.4 Å². The number of pyridine rings is 3. The molecule has 6 rings (SSSR count). The molecule has 0 saturated carbocycles. The van der Waals surface area contributed by atoms with E-state index in [0.717, 1.165) is 47.5 Å². The first-order valence-corrected chi connectivity index (χ1v) is 15.6. The zero-order valence-corrected chi connectivity index (χ0v) is 24.5. The summed E-state index contributed by atoms with van der Waals surface area (Å²) in [7, 11) is -3.50. The minimum atomic E-state index is -3.50. The topological polar surface area (TPSA) is 127 Å². The molecule has 1 aromatic carbocycles. The maximum absolute atomic E-state index is 13.0. The number of benzene rings is 1. The first kappa shape index (κ1) is 27.9. The molecule has 218 valence electrons. The third-order valence-electron chi connectivity index (χ3n) is 7.24. The van der Waals surface area contributed by atoms with Crippen molar-refractivity contribution < 1.29 is 22.7 Å². The van der Waals surface area contributed by atoms with Gasteiger partial charge in [0.2, 0.25) is 10.0 Å². The quantitative estimate of drug-likeness (QED) is 0.361. The van der Waals surface area contributed by atoms with Gasteiger partial charge in [-0.3, -0.25) is 14.1 Å². The van der Waals surface area contributed by atoms with Crippen molar-refractivity contribution in [2.45, 2.75) is 32.6 Å². The summed E-state index contributed by atoms with van der Waals surface area (Å²) in [6.07, 6.45) is 3.13. The molecule has 42 heavy (non-hydrogen) atoms. The second-order valence-corrected chi connectivity index (χ2v) is 12.6. The predicted molar refractivity (Wildman–Crippen MR) is 160 cm³/mol. The number of hydrogen-bond donors (Lipinski definition) is 1. The van der Waals surface area contributed by atoms with E-state index < -0.39 is 10.0 Å². The average Bonchev–Trinajstić information content (AvgIpc) is 2.98. The van der Waals surface area contributed by atoms with E-state index in [1.165, 1.54) is 10.4 Å². The SMILES string of the molecule is C[C@@H]1CN(c2cccc(-c3ccc4cnc(CNC(=O)c5ccc6c(c5)N(S(C)(=O)=O)CCO6)cc4n3)n2)C[C@H](C)O1. The summed E-state index contributed by atoms with van der Waals surface area (Å²) < 4.78 is 37.1. The molecule has 0 bridgehead atoms.